The highest BCUT2D eigenvalue weighted by Gasteiger charge is 2.37. The predicted octanol–water partition coefficient (Wildman–Crippen LogP) is 6.79. The smallest absolute Gasteiger partial charge is 0.254 e. The number of anilines is 2. The molecule has 2 amide bonds. The first-order chi connectivity index (χ1) is 16.8. The second kappa shape index (κ2) is 10.6. The highest BCUT2D eigenvalue weighted by Crippen LogP contribution is 2.41. The van der Waals surface area contributed by atoms with Gasteiger partial charge < -0.3 is 16.0 Å². The first-order valence-electron chi connectivity index (χ1n) is 10.9. The number of halogens is 2. The molecular formula is C27H23Cl2N3O2S. The fraction of sp³-hybridized carbons (Fsp3) is 0.111. The first-order valence-corrected chi connectivity index (χ1v) is 12.1. The molecule has 0 saturated heterocycles. The van der Waals surface area contributed by atoms with Crippen molar-refractivity contribution in [3.05, 3.63) is 111 Å². The molecule has 3 aromatic carbocycles. The van der Waals surface area contributed by atoms with Crippen LogP contribution in [0.4, 0.5) is 11.4 Å². The van der Waals surface area contributed by atoms with E-state index in [0.717, 1.165) is 5.56 Å². The van der Waals surface area contributed by atoms with Crippen molar-refractivity contribution < 1.29 is 9.59 Å². The quantitative estimate of drug-likeness (QED) is 0.278. The lowest BCUT2D eigenvalue weighted by molar-refractivity contribution is -0.113. The predicted molar refractivity (Wildman–Crippen MR) is 145 cm³/mol. The van der Waals surface area contributed by atoms with Gasteiger partial charge in [-0.15, -0.1) is 12.6 Å². The molecule has 0 fully saturated rings. The Morgan fingerprint density at radius 3 is 1.63 bits per heavy atom. The Kier molecular flexibility index (Phi) is 7.55. The van der Waals surface area contributed by atoms with E-state index in [1.54, 1.807) is 48.5 Å². The van der Waals surface area contributed by atoms with Crippen LogP contribution in [-0.2, 0) is 9.59 Å². The van der Waals surface area contributed by atoms with Crippen molar-refractivity contribution in [2.24, 2.45) is 0 Å². The molecule has 0 atom stereocenters. The van der Waals surface area contributed by atoms with Crippen LogP contribution in [0.25, 0.3) is 0 Å². The van der Waals surface area contributed by atoms with E-state index in [0.29, 0.717) is 48.9 Å². The number of hydrogen-bond acceptors (Lipinski definition) is 4. The maximum atomic E-state index is 13.6. The number of benzene rings is 3. The third-order valence-electron chi connectivity index (χ3n) is 5.74. The van der Waals surface area contributed by atoms with E-state index in [-0.39, 0.29) is 11.8 Å². The zero-order chi connectivity index (χ0) is 25.1. The Labute approximate surface area is 219 Å². The monoisotopic (exact) mass is 523 g/mol. The molecule has 35 heavy (non-hydrogen) atoms. The van der Waals surface area contributed by atoms with Gasteiger partial charge >= 0.3 is 0 Å². The van der Waals surface area contributed by atoms with Crippen LogP contribution in [0.3, 0.4) is 0 Å². The summed E-state index contributed by atoms with van der Waals surface area (Å²) in [7, 11) is 0. The van der Waals surface area contributed by atoms with Gasteiger partial charge in [0.15, 0.2) is 0 Å². The third kappa shape index (κ3) is 5.25. The molecule has 3 N–H and O–H groups in total. The maximum Gasteiger partial charge on any atom is 0.254 e. The molecule has 0 unspecified atom stereocenters. The maximum absolute atomic E-state index is 13.6. The second-order valence-corrected chi connectivity index (χ2v) is 9.36. The normalized spacial score (nSPS) is 14.0. The van der Waals surface area contributed by atoms with Gasteiger partial charge in [-0.2, -0.15) is 0 Å². The molecule has 0 bridgehead atoms. The van der Waals surface area contributed by atoms with Crippen LogP contribution in [0, 0.1) is 0 Å². The van der Waals surface area contributed by atoms with Crippen LogP contribution >= 0.6 is 35.8 Å². The second-order valence-electron chi connectivity index (χ2n) is 8.06. The topological polar surface area (TPSA) is 70.2 Å². The van der Waals surface area contributed by atoms with Crippen molar-refractivity contribution in [1.29, 1.82) is 0 Å². The van der Waals surface area contributed by atoms with Crippen molar-refractivity contribution in [2.75, 3.05) is 10.6 Å². The number of para-hydroxylation sites is 2. The summed E-state index contributed by atoms with van der Waals surface area (Å²) in [5.74, 6) is -1.43. The van der Waals surface area contributed by atoms with E-state index in [1.165, 1.54) is 0 Å². The largest absolute Gasteiger partial charge is 0.362 e. The van der Waals surface area contributed by atoms with Crippen molar-refractivity contribution >= 4 is 59.0 Å². The minimum atomic E-state index is -0.685. The zero-order valence-electron chi connectivity index (χ0n) is 19.0. The van der Waals surface area contributed by atoms with E-state index in [9.17, 15) is 9.59 Å². The lowest BCUT2D eigenvalue weighted by Gasteiger charge is -2.32. The van der Waals surface area contributed by atoms with Gasteiger partial charge in [-0.05, 0) is 49.7 Å². The van der Waals surface area contributed by atoms with Crippen LogP contribution < -0.4 is 16.0 Å². The average molecular weight is 524 g/mol. The number of rotatable bonds is 5. The minimum absolute atomic E-state index is 0.375. The van der Waals surface area contributed by atoms with E-state index in [1.807, 2.05) is 38.1 Å². The van der Waals surface area contributed by atoms with E-state index < -0.39 is 5.92 Å². The summed E-state index contributed by atoms with van der Waals surface area (Å²) < 4.78 is 0. The summed E-state index contributed by atoms with van der Waals surface area (Å²) in [5.41, 5.74) is 3.72. The zero-order valence-corrected chi connectivity index (χ0v) is 21.4. The van der Waals surface area contributed by atoms with Crippen LogP contribution in [0.5, 0.6) is 0 Å². The number of thiol groups is 1. The molecule has 178 valence electrons. The number of hydrogen-bond donors (Lipinski definition) is 4. The molecule has 3 aromatic rings. The molecule has 0 spiro atoms. The van der Waals surface area contributed by atoms with E-state index in [4.69, 9.17) is 23.2 Å². The van der Waals surface area contributed by atoms with E-state index >= 15 is 0 Å². The minimum Gasteiger partial charge on any atom is -0.362 e. The summed E-state index contributed by atoms with van der Waals surface area (Å²) in [6.45, 7) is 3.61. The average Bonchev–Trinajstić information content (AvgIpc) is 2.81. The molecule has 0 aromatic heterocycles. The molecule has 1 aliphatic rings. The lowest BCUT2D eigenvalue weighted by atomic mass is 9.79. The number of nitrogens with one attached hydrogen (secondary N) is 3. The SMILES string of the molecule is CC1=C(C(=O)Nc2ccccc2Cl)C(c2ccccc2S)C(C(=O)Nc2ccccc2Cl)=C(C)N1. The fourth-order valence-electron chi connectivity index (χ4n) is 4.14. The molecule has 1 heterocycles. The number of dihydropyridines is 1. The standard InChI is InChI=1S/C27H23Cl2N3O2S/c1-15-23(26(33)31-20-12-6-4-10-18(20)28)25(17-9-3-8-14-22(17)35)24(16(2)30-15)27(34)32-21-13-7-5-11-19(21)29/h3-14,25,30,35H,1-2H3,(H,31,33)(H,32,34). The van der Waals surface area contributed by atoms with Gasteiger partial charge in [-0.3, -0.25) is 9.59 Å². The summed E-state index contributed by atoms with van der Waals surface area (Å²) in [4.78, 5) is 27.9. The van der Waals surface area contributed by atoms with Crippen molar-refractivity contribution in [1.82, 2.24) is 5.32 Å². The highest BCUT2D eigenvalue weighted by molar-refractivity contribution is 7.80. The lowest BCUT2D eigenvalue weighted by Crippen LogP contribution is -2.35. The van der Waals surface area contributed by atoms with Gasteiger partial charge in [0.25, 0.3) is 11.8 Å². The van der Waals surface area contributed by atoms with Crippen LogP contribution in [0.2, 0.25) is 10.0 Å². The highest BCUT2D eigenvalue weighted by atomic mass is 35.5. The van der Waals surface area contributed by atoms with Gasteiger partial charge in [0.2, 0.25) is 0 Å². The van der Waals surface area contributed by atoms with Crippen LogP contribution in [-0.4, -0.2) is 11.8 Å². The summed E-state index contributed by atoms with van der Waals surface area (Å²) in [6.07, 6.45) is 0. The number of allylic oxidation sites excluding steroid dienone is 2. The van der Waals surface area contributed by atoms with Crippen molar-refractivity contribution in [3.63, 3.8) is 0 Å². The fourth-order valence-corrected chi connectivity index (χ4v) is 4.80. The molecule has 8 heteroatoms. The molecule has 0 radical (unpaired) electrons. The van der Waals surface area contributed by atoms with E-state index in [2.05, 4.69) is 28.6 Å². The Bertz CT molecular complexity index is 1300. The number of carbonyl (C=O) groups excluding carboxylic acids is 2. The first kappa shape index (κ1) is 24.9. The Morgan fingerprint density at radius 2 is 1.17 bits per heavy atom. The van der Waals surface area contributed by atoms with Gasteiger partial charge in [-0.25, -0.2) is 0 Å². The number of amides is 2. The summed E-state index contributed by atoms with van der Waals surface area (Å²) in [6, 6.07) is 21.4. The van der Waals surface area contributed by atoms with Gasteiger partial charge in [0.1, 0.15) is 0 Å². The van der Waals surface area contributed by atoms with Gasteiger partial charge in [-0.1, -0.05) is 65.7 Å². The van der Waals surface area contributed by atoms with Crippen LogP contribution in [0.1, 0.15) is 25.3 Å². The Balaban J connectivity index is 1.80. The van der Waals surface area contributed by atoms with Crippen LogP contribution in [0.15, 0.2) is 100 Å². The molecule has 5 nitrogen and oxygen atoms in total. The molecule has 1 aliphatic heterocycles. The number of carbonyl (C=O) groups is 2. The third-order valence-corrected chi connectivity index (χ3v) is 6.81. The van der Waals surface area contributed by atoms with Gasteiger partial charge in [0, 0.05) is 33.4 Å². The van der Waals surface area contributed by atoms with Gasteiger partial charge in [0.05, 0.1) is 21.4 Å². The summed E-state index contributed by atoms with van der Waals surface area (Å²) in [5, 5.41) is 9.82. The van der Waals surface area contributed by atoms with Crippen molar-refractivity contribution in [2.45, 2.75) is 24.7 Å². The molecule has 0 aliphatic carbocycles. The Hall–Kier alpha value is -3.19. The molecule has 0 saturated carbocycles. The Morgan fingerprint density at radius 1 is 0.743 bits per heavy atom. The summed E-state index contributed by atoms with van der Waals surface area (Å²) >= 11 is 17.2. The molecular weight excluding hydrogens is 501 g/mol. The van der Waals surface area contributed by atoms with Crippen molar-refractivity contribution in [3.8, 4) is 0 Å². The molecule has 4 rings (SSSR count).